The summed E-state index contributed by atoms with van der Waals surface area (Å²) in [6.07, 6.45) is 6.28. The Morgan fingerprint density at radius 1 is 1.48 bits per heavy atom. The first-order valence-corrected chi connectivity index (χ1v) is 7.71. The van der Waals surface area contributed by atoms with Crippen LogP contribution in [0.5, 0.6) is 0 Å². The molecule has 2 N–H and O–H groups in total. The number of H-pyrrole nitrogens is 1. The van der Waals surface area contributed by atoms with Gasteiger partial charge in [-0.25, -0.2) is 15.0 Å². The number of nitrogens with one attached hydrogen (secondary N) is 2. The Balaban J connectivity index is 0.00000144. The van der Waals surface area contributed by atoms with E-state index in [0.29, 0.717) is 17.5 Å². The van der Waals surface area contributed by atoms with E-state index >= 15 is 0 Å². The van der Waals surface area contributed by atoms with Gasteiger partial charge in [-0.15, -0.1) is 11.3 Å². The highest BCUT2D eigenvalue weighted by atomic mass is 32.1. The zero-order valence-electron chi connectivity index (χ0n) is 11.2. The third-order valence-corrected chi connectivity index (χ3v) is 4.28. The van der Waals surface area contributed by atoms with Crippen molar-refractivity contribution in [2.24, 2.45) is 5.92 Å². The molecule has 6 nitrogen and oxygen atoms in total. The van der Waals surface area contributed by atoms with E-state index in [0.717, 1.165) is 22.4 Å². The monoisotopic (exact) mass is 301 g/mol. The molecule has 1 amide bonds. The summed E-state index contributed by atoms with van der Waals surface area (Å²) in [4.78, 5) is 27.8. The molecule has 0 unspecified atom stereocenters. The van der Waals surface area contributed by atoms with Gasteiger partial charge in [-0.2, -0.15) is 0 Å². The maximum Gasteiger partial charge on any atom is 0.226 e. The lowest BCUT2D eigenvalue weighted by molar-refractivity contribution is -0.116. The summed E-state index contributed by atoms with van der Waals surface area (Å²) in [6, 6.07) is 1.93. The molecule has 1 fully saturated rings. The van der Waals surface area contributed by atoms with Crippen LogP contribution in [0.15, 0.2) is 24.0 Å². The van der Waals surface area contributed by atoms with Crippen LogP contribution >= 0.6 is 11.3 Å². The molecule has 7 heteroatoms. The van der Waals surface area contributed by atoms with Crippen LogP contribution in [0.1, 0.15) is 20.7 Å². The lowest BCUT2D eigenvalue weighted by atomic mass is 10.2. The smallest absolute Gasteiger partial charge is 0.226 e. The third kappa shape index (κ3) is 2.52. The van der Waals surface area contributed by atoms with Crippen LogP contribution in [0, 0.1) is 5.92 Å². The van der Waals surface area contributed by atoms with Gasteiger partial charge in [0.1, 0.15) is 23.4 Å². The Bertz CT molecular complexity index is 810. The number of anilines is 1. The van der Waals surface area contributed by atoms with Crippen molar-refractivity contribution >= 4 is 33.4 Å². The minimum absolute atomic E-state index is 0. The number of nitrogens with zero attached hydrogens (tertiary/aromatic N) is 3. The van der Waals surface area contributed by atoms with Gasteiger partial charge in [0.2, 0.25) is 5.91 Å². The fraction of sp³-hybridized carbons (Fsp3) is 0.286. The van der Waals surface area contributed by atoms with Crippen LogP contribution in [0.2, 0.25) is 0 Å². The fourth-order valence-electron chi connectivity index (χ4n) is 2.27. The van der Waals surface area contributed by atoms with Crippen LogP contribution in [-0.2, 0) is 4.79 Å². The van der Waals surface area contributed by atoms with Gasteiger partial charge in [0.15, 0.2) is 5.13 Å². The molecule has 0 aliphatic heterocycles. The summed E-state index contributed by atoms with van der Waals surface area (Å²) in [5.74, 6) is 0.624. The third-order valence-electron chi connectivity index (χ3n) is 3.52. The number of fused-ring (bicyclic) bond motifs is 1. The van der Waals surface area contributed by atoms with E-state index in [-0.39, 0.29) is 7.33 Å². The average Bonchev–Trinajstić information content (AvgIpc) is 2.99. The minimum Gasteiger partial charge on any atom is -0.346 e. The maximum atomic E-state index is 11.8. The second kappa shape index (κ2) is 4.92. The Hall–Kier alpha value is -2.28. The number of aromatic amines is 1. The highest BCUT2D eigenvalue weighted by molar-refractivity contribution is 7.14. The quantitative estimate of drug-likeness (QED) is 0.775. The second-order valence-electron chi connectivity index (χ2n) is 5.20. The van der Waals surface area contributed by atoms with E-state index in [9.17, 15) is 4.79 Å². The molecule has 108 valence electrons. The molecule has 1 aliphatic carbocycles. The highest BCUT2D eigenvalue weighted by Gasteiger charge is 2.24. The lowest BCUT2D eigenvalue weighted by Crippen LogP contribution is -2.11. The lowest BCUT2D eigenvalue weighted by Gasteiger charge is -2.00. The number of rotatable bonds is 4. The van der Waals surface area contributed by atoms with E-state index < -0.39 is 0 Å². The van der Waals surface area contributed by atoms with Crippen LogP contribution in [-0.4, -0.2) is 25.8 Å². The topological polar surface area (TPSA) is 83.6 Å². The molecule has 3 aromatic heterocycles. The zero-order chi connectivity index (χ0) is 14.2. The van der Waals surface area contributed by atoms with Gasteiger partial charge in [0, 0.05) is 24.8 Å². The number of amides is 1. The molecule has 0 saturated heterocycles. The van der Waals surface area contributed by atoms with Crippen LogP contribution in [0.3, 0.4) is 0 Å². The summed E-state index contributed by atoms with van der Waals surface area (Å²) < 4.78 is 0. The van der Waals surface area contributed by atoms with Crippen molar-refractivity contribution in [3.05, 3.63) is 24.0 Å². The van der Waals surface area contributed by atoms with Gasteiger partial charge in [0.05, 0.1) is 0 Å². The first-order valence-electron chi connectivity index (χ1n) is 6.83. The van der Waals surface area contributed by atoms with Crippen molar-refractivity contribution < 1.29 is 6.22 Å². The standard InChI is InChI=1S/C14H13N5OS.H2/c20-11(5-8-1-2-8)19-14-18-10(6-21-14)12-9-3-4-15-13(9)17-7-16-12;/h3-4,6-8H,1-2,5H2,(H,15,16,17)(H,18,19,20);1H. The van der Waals surface area contributed by atoms with Gasteiger partial charge in [0.25, 0.3) is 0 Å². The molecule has 0 bridgehead atoms. The Labute approximate surface area is 126 Å². The van der Waals surface area contributed by atoms with Crippen LogP contribution in [0.25, 0.3) is 22.4 Å². The number of hydrogen-bond donors (Lipinski definition) is 2. The molecule has 1 saturated carbocycles. The molecule has 21 heavy (non-hydrogen) atoms. The van der Waals surface area contributed by atoms with Gasteiger partial charge >= 0.3 is 0 Å². The molecule has 4 rings (SSSR count). The van der Waals surface area contributed by atoms with E-state index in [1.54, 1.807) is 0 Å². The number of hydrogen-bond acceptors (Lipinski definition) is 5. The fourth-order valence-corrected chi connectivity index (χ4v) is 2.98. The predicted molar refractivity (Wildman–Crippen MR) is 83.1 cm³/mol. The Morgan fingerprint density at radius 3 is 3.24 bits per heavy atom. The summed E-state index contributed by atoms with van der Waals surface area (Å²) in [7, 11) is 0. The first kappa shape index (κ1) is 12.5. The average molecular weight is 301 g/mol. The van der Waals surface area contributed by atoms with Gasteiger partial charge in [-0.3, -0.25) is 4.79 Å². The molecule has 3 aromatic rings. The number of thiazole rings is 1. The van der Waals surface area contributed by atoms with Crippen LogP contribution in [0.4, 0.5) is 5.13 Å². The number of carbonyl (C=O) groups is 1. The molecular formula is C14H15N5OS. The molecule has 0 atom stereocenters. The largest absolute Gasteiger partial charge is 0.346 e. The van der Waals surface area contributed by atoms with E-state index in [2.05, 4.69) is 25.3 Å². The first-order chi connectivity index (χ1) is 10.3. The second-order valence-corrected chi connectivity index (χ2v) is 6.05. The van der Waals surface area contributed by atoms with E-state index in [1.807, 2.05) is 17.6 Å². The summed E-state index contributed by atoms with van der Waals surface area (Å²) in [5.41, 5.74) is 2.32. The maximum absolute atomic E-state index is 11.8. The summed E-state index contributed by atoms with van der Waals surface area (Å²) in [6.45, 7) is 0. The molecular weight excluding hydrogens is 286 g/mol. The van der Waals surface area contributed by atoms with Crippen molar-refractivity contribution in [3.8, 4) is 11.4 Å². The molecule has 0 radical (unpaired) electrons. The normalized spacial score (nSPS) is 14.5. The minimum atomic E-state index is 0. The zero-order valence-corrected chi connectivity index (χ0v) is 12.0. The molecule has 0 spiro atoms. The molecule has 0 aromatic carbocycles. The number of carbonyl (C=O) groups excluding carboxylic acids is 1. The van der Waals surface area contributed by atoms with Crippen LogP contribution < -0.4 is 5.32 Å². The summed E-state index contributed by atoms with van der Waals surface area (Å²) >= 11 is 1.42. The van der Waals surface area contributed by atoms with E-state index in [4.69, 9.17) is 0 Å². The Kier molecular flexibility index (Phi) is 2.92. The van der Waals surface area contributed by atoms with Gasteiger partial charge in [-0.1, -0.05) is 0 Å². The van der Waals surface area contributed by atoms with Crippen molar-refractivity contribution in [1.82, 2.24) is 19.9 Å². The van der Waals surface area contributed by atoms with Gasteiger partial charge < -0.3 is 10.3 Å². The SMILES string of the molecule is O=C(CC1CC1)Nc1nc(-c2ncnc3[nH]ccc23)cs1.[HH]. The van der Waals surface area contributed by atoms with E-state index in [1.165, 1.54) is 30.5 Å². The summed E-state index contributed by atoms with van der Waals surface area (Å²) in [5, 5.41) is 6.32. The van der Waals surface area contributed by atoms with Crippen molar-refractivity contribution in [2.75, 3.05) is 5.32 Å². The Morgan fingerprint density at radius 2 is 2.38 bits per heavy atom. The molecule has 1 aliphatic rings. The van der Waals surface area contributed by atoms with Gasteiger partial charge in [-0.05, 0) is 24.8 Å². The highest BCUT2D eigenvalue weighted by Crippen LogP contribution is 2.33. The van der Waals surface area contributed by atoms with Crippen molar-refractivity contribution in [2.45, 2.75) is 19.3 Å². The predicted octanol–water partition coefficient (Wildman–Crippen LogP) is 3.07. The van der Waals surface area contributed by atoms with Crippen molar-refractivity contribution in [1.29, 1.82) is 0 Å². The molecule has 3 heterocycles. The number of aromatic nitrogens is 4. The van der Waals surface area contributed by atoms with Crippen molar-refractivity contribution in [3.63, 3.8) is 0 Å².